The lowest BCUT2D eigenvalue weighted by Crippen LogP contribution is -2.45. The maximum absolute atomic E-state index is 12.5. The summed E-state index contributed by atoms with van der Waals surface area (Å²) in [5, 5.41) is 0. The van der Waals surface area contributed by atoms with Crippen LogP contribution in [0.25, 0.3) is 0 Å². The first-order chi connectivity index (χ1) is 14.0. The highest BCUT2D eigenvalue weighted by Crippen LogP contribution is 2.23. The maximum atomic E-state index is 12.5. The van der Waals surface area contributed by atoms with Crippen LogP contribution in [0.5, 0.6) is 0 Å². The first kappa shape index (κ1) is 19.1. The Balaban J connectivity index is 1.36. The molecule has 0 spiro atoms. The van der Waals surface area contributed by atoms with E-state index in [-0.39, 0.29) is 12.2 Å². The highest BCUT2D eigenvalue weighted by atomic mass is 16.5. The summed E-state index contributed by atoms with van der Waals surface area (Å²) < 4.78 is 5.06. The van der Waals surface area contributed by atoms with Crippen LogP contribution in [0.4, 0.5) is 0 Å². The van der Waals surface area contributed by atoms with Gasteiger partial charge in [0.1, 0.15) is 6.54 Å². The van der Waals surface area contributed by atoms with Crippen molar-refractivity contribution in [1.29, 1.82) is 0 Å². The van der Waals surface area contributed by atoms with Crippen LogP contribution in [0.3, 0.4) is 0 Å². The molecule has 2 amide bonds. The molecule has 29 heavy (non-hydrogen) atoms. The van der Waals surface area contributed by atoms with E-state index >= 15 is 0 Å². The van der Waals surface area contributed by atoms with Crippen molar-refractivity contribution < 1.29 is 23.9 Å². The van der Waals surface area contributed by atoms with Crippen molar-refractivity contribution in [1.82, 2.24) is 4.90 Å². The van der Waals surface area contributed by atoms with Crippen molar-refractivity contribution in [3.8, 4) is 0 Å². The molecule has 2 aromatic carbocycles. The quantitative estimate of drug-likeness (QED) is 0.444. The molecule has 4 rings (SSSR count). The molecule has 0 radical (unpaired) electrons. The molecule has 148 valence electrons. The molecule has 2 aliphatic rings. The fraction of sp³-hybridized carbons (Fsp3) is 0.304. The third-order valence-electron chi connectivity index (χ3n) is 5.46. The van der Waals surface area contributed by atoms with E-state index in [9.17, 15) is 19.2 Å². The number of amides is 2. The summed E-state index contributed by atoms with van der Waals surface area (Å²) in [5.74, 6) is -2.05. The first-order valence-corrected chi connectivity index (χ1v) is 9.76. The van der Waals surface area contributed by atoms with Gasteiger partial charge in [-0.2, -0.15) is 0 Å². The van der Waals surface area contributed by atoms with Crippen LogP contribution in [0.15, 0.2) is 42.5 Å². The fourth-order valence-corrected chi connectivity index (χ4v) is 3.87. The van der Waals surface area contributed by atoms with Gasteiger partial charge < -0.3 is 4.74 Å². The third kappa shape index (κ3) is 3.97. The summed E-state index contributed by atoms with van der Waals surface area (Å²) in [5.41, 5.74) is 4.01. The van der Waals surface area contributed by atoms with Gasteiger partial charge in [-0.15, -0.1) is 0 Å². The first-order valence-electron chi connectivity index (χ1n) is 9.76. The largest absolute Gasteiger partial charge is 0.456 e. The summed E-state index contributed by atoms with van der Waals surface area (Å²) in [6.07, 6.45) is 4.32. The fourth-order valence-electron chi connectivity index (χ4n) is 3.87. The zero-order valence-corrected chi connectivity index (χ0v) is 16.0. The van der Waals surface area contributed by atoms with E-state index in [1.165, 1.54) is 11.1 Å². The van der Waals surface area contributed by atoms with Crippen LogP contribution >= 0.6 is 0 Å². The number of ether oxygens (including phenoxy) is 1. The minimum Gasteiger partial charge on any atom is -0.456 e. The molecule has 1 heterocycles. The molecule has 6 heteroatoms. The topological polar surface area (TPSA) is 80.8 Å². The lowest BCUT2D eigenvalue weighted by Gasteiger charge is -2.25. The Hall–Kier alpha value is -3.28. The zero-order valence-electron chi connectivity index (χ0n) is 16.0. The molecule has 1 aliphatic heterocycles. The van der Waals surface area contributed by atoms with E-state index in [0.29, 0.717) is 16.7 Å². The molecule has 1 aliphatic carbocycles. The summed E-state index contributed by atoms with van der Waals surface area (Å²) in [4.78, 5) is 50.2. The molecule has 0 aromatic heterocycles. The van der Waals surface area contributed by atoms with E-state index in [2.05, 4.69) is 0 Å². The SMILES string of the molecule is O=C(CN1C(=O)Cc2ccccc2C1=O)OCC(=O)c1ccc2c(c1)CCCC2. The Bertz CT molecular complexity index is 1010. The number of rotatable bonds is 5. The number of benzene rings is 2. The number of fused-ring (bicyclic) bond motifs is 2. The van der Waals surface area contributed by atoms with Gasteiger partial charge in [-0.05, 0) is 54.5 Å². The standard InChI is InChI=1S/C23H21NO5/c25-20(18-10-9-15-5-1-2-6-16(15)11-18)14-29-22(27)13-24-21(26)12-17-7-3-4-8-19(17)23(24)28/h3-4,7-11H,1-2,5-6,12-14H2. The van der Waals surface area contributed by atoms with E-state index in [1.54, 1.807) is 30.3 Å². The van der Waals surface area contributed by atoms with Gasteiger partial charge in [0.2, 0.25) is 5.91 Å². The molecule has 0 saturated heterocycles. The van der Waals surface area contributed by atoms with E-state index in [0.717, 1.165) is 30.6 Å². The number of nitrogens with zero attached hydrogens (tertiary/aromatic N) is 1. The van der Waals surface area contributed by atoms with Crippen LogP contribution in [0, 0.1) is 0 Å². The second-order valence-electron chi connectivity index (χ2n) is 7.39. The van der Waals surface area contributed by atoms with Crippen molar-refractivity contribution in [2.24, 2.45) is 0 Å². The number of ketones is 1. The summed E-state index contributed by atoms with van der Waals surface area (Å²) in [6, 6.07) is 12.4. The highest BCUT2D eigenvalue weighted by molar-refractivity contribution is 6.11. The second-order valence-corrected chi connectivity index (χ2v) is 7.39. The Morgan fingerprint density at radius 3 is 2.52 bits per heavy atom. The predicted octanol–water partition coefficient (Wildman–Crippen LogP) is 2.52. The monoisotopic (exact) mass is 391 g/mol. The number of aryl methyl sites for hydroxylation is 2. The van der Waals surface area contributed by atoms with E-state index in [4.69, 9.17) is 4.74 Å². The van der Waals surface area contributed by atoms with Gasteiger partial charge in [-0.25, -0.2) is 0 Å². The van der Waals surface area contributed by atoms with Crippen molar-refractivity contribution in [2.45, 2.75) is 32.1 Å². The average Bonchev–Trinajstić information content (AvgIpc) is 2.74. The molecular weight excluding hydrogens is 370 g/mol. The summed E-state index contributed by atoms with van der Waals surface area (Å²) in [6.45, 7) is -0.909. The van der Waals surface area contributed by atoms with Gasteiger partial charge in [0.25, 0.3) is 5.91 Å². The number of carbonyl (C=O) groups excluding carboxylic acids is 4. The van der Waals surface area contributed by atoms with Gasteiger partial charge in [0, 0.05) is 11.1 Å². The number of Topliss-reactive ketones (excluding diaryl/α,β-unsaturated/α-hetero) is 1. The molecule has 0 atom stereocenters. The van der Waals surface area contributed by atoms with E-state index in [1.807, 2.05) is 12.1 Å². The number of hydrogen-bond donors (Lipinski definition) is 0. The number of imide groups is 1. The smallest absolute Gasteiger partial charge is 0.326 e. The lowest BCUT2D eigenvalue weighted by molar-refractivity contribution is -0.146. The lowest BCUT2D eigenvalue weighted by atomic mass is 9.90. The molecule has 0 N–H and O–H groups in total. The van der Waals surface area contributed by atoms with Crippen LogP contribution in [0.2, 0.25) is 0 Å². The molecular formula is C23H21NO5. The third-order valence-corrected chi connectivity index (χ3v) is 5.46. The average molecular weight is 391 g/mol. The maximum Gasteiger partial charge on any atom is 0.326 e. The van der Waals surface area contributed by atoms with Gasteiger partial charge in [0.05, 0.1) is 6.42 Å². The molecule has 0 unspecified atom stereocenters. The van der Waals surface area contributed by atoms with Crippen LogP contribution in [-0.2, 0) is 33.6 Å². The molecule has 0 saturated carbocycles. The molecule has 6 nitrogen and oxygen atoms in total. The van der Waals surface area contributed by atoms with Gasteiger partial charge >= 0.3 is 5.97 Å². The Morgan fingerprint density at radius 1 is 0.931 bits per heavy atom. The van der Waals surface area contributed by atoms with Gasteiger partial charge in [0.15, 0.2) is 12.4 Å². The van der Waals surface area contributed by atoms with Gasteiger partial charge in [-0.1, -0.05) is 30.3 Å². The normalized spacial score (nSPS) is 15.5. The second kappa shape index (κ2) is 7.99. The van der Waals surface area contributed by atoms with Crippen LogP contribution in [0.1, 0.15) is 50.2 Å². The minimum atomic E-state index is -0.780. The molecule has 0 fully saturated rings. The van der Waals surface area contributed by atoms with Gasteiger partial charge in [-0.3, -0.25) is 24.1 Å². The summed E-state index contributed by atoms with van der Waals surface area (Å²) in [7, 11) is 0. The highest BCUT2D eigenvalue weighted by Gasteiger charge is 2.32. The van der Waals surface area contributed by atoms with Crippen molar-refractivity contribution in [3.63, 3.8) is 0 Å². The predicted molar refractivity (Wildman–Crippen MR) is 105 cm³/mol. The Labute approximate surface area is 168 Å². The Kier molecular flexibility index (Phi) is 5.25. The minimum absolute atomic E-state index is 0.0588. The van der Waals surface area contributed by atoms with E-state index < -0.39 is 30.9 Å². The van der Waals surface area contributed by atoms with Crippen molar-refractivity contribution in [3.05, 3.63) is 70.3 Å². The van der Waals surface area contributed by atoms with Crippen LogP contribution in [-0.4, -0.2) is 41.6 Å². The Morgan fingerprint density at radius 2 is 1.69 bits per heavy atom. The molecule has 2 aromatic rings. The summed E-state index contributed by atoms with van der Waals surface area (Å²) >= 11 is 0. The van der Waals surface area contributed by atoms with Crippen LogP contribution < -0.4 is 0 Å². The number of hydrogen-bond acceptors (Lipinski definition) is 5. The van der Waals surface area contributed by atoms with Crippen molar-refractivity contribution >= 4 is 23.6 Å². The molecule has 0 bridgehead atoms. The van der Waals surface area contributed by atoms with Crippen molar-refractivity contribution in [2.75, 3.05) is 13.2 Å². The number of carbonyl (C=O) groups is 4. The number of esters is 1. The zero-order chi connectivity index (χ0) is 20.4.